The van der Waals surface area contributed by atoms with Gasteiger partial charge in [-0.25, -0.2) is 0 Å². The molecule has 1 aliphatic carbocycles. The van der Waals surface area contributed by atoms with Gasteiger partial charge in [-0.2, -0.15) is 0 Å². The number of carbonyl (C=O) groups excluding carboxylic acids is 3. The maximum Gasteiger partial charge on any atom is 0.228 e. The highest BCUT2D eigenvalue weighted by molar-refractivity contribution is 5.96. The maximum absolute atomic E-state index is 13.1. The predicted octanol–water partition coefficient (Wildman–Crippen LogP) is 2.73. The van der Waals surface area contributed by atoms with E-state index in [0.29, 0.717) is 12.8 Å². The minimum atomic E-state index is -0.270. The van der Waals surface area contributed by atoms with Gasteiger partial charge in [0.1, 0.15) is 0 Å². The van der Waals surface area contributed by atoms with Gasteiger partial charge >= 0.3 is 0 Å². The van der Waals surface area contributed by atoms with E-state index in [-0.39, 0.29) is 29.6 Å². The van der Waals surface area contributed by atoms with Crippen LogP contribution in [0, 0.1) is 11.8 Å². The number of hydrogen-bond donors (Lipinski definition) is 2. The minimum absolute atomic E-state index is 0.0234. The van der Waals surface area contributed by atoms with Crippen molar-refractivity contribution in [3.8, 4) is 0 Å². The number of nitrogens with one attached hydrogen (secondary N) is 2. The van der Waals surface area contributed by atoms with Crippen LogP contribution in [-0.2, 0) is 20.8 Å². The fourth-order valence-electron chi connectivity index (χ4n) is 4.37. The molecule has 1 saturated heterocycles. The number of likely N-dealkylation sites (tertiary alicyclic amines) is 1. The van der Waals surface area contributed by atoms with Crippen molar-refractivity contribution in [1.29, 1.82) is 0 Å². The molecule has 2 fully saturated rings. The van der Waals surface area contributed by atoms with Crippen LogP contribution in [-0.4, -0.2) is 42.8 Å². The molecule has 2 N–H and O–H groups in total. The SMILES string of the molecule is CNC(=O)CCc1ccccc1NC(=O)[C@H]1CCCC[C@H]1C(=O)N1CCCC1. The molecule has 0 radical (unpaired) electrons. The summed E-state index contributed by atoms with van der Waals surface area (Å²) in [5.74, 6) is -0.404. The third-order valence-corrected chi connectivity index (χ3v) is 6.01. The molecule has 0 bridgehead atoms. The molecule has 0 aromatic heterocycles. The smallest absolute Gasteiger partial charge is 0.228 e. The molecule has 152 valence electrons. The van der Waals surface area contributed by atoms with Crippen LogP contribution < -0.4 is 10.6 Å². The zero-order valence-electron chi connectivity index (χ0n) is 16.7. The summed E-state index contributed by atoms with van der Waals surface area (Å²) in [5, 5.41) is 5.68. The van der Waals surface area contributed by atoms with Gasteiger partial charge < -0.3 is 15.5 Å². The molecule has 0 unspecified atom stereocenters. The summed E-state index contributed by atoms with van der Waals surface area (Å²) < 4.78 is 0. The lowest BCUT2D eigenvalue weighted by Gasteiger charge is -2.32. The second-order valence-corrected chi connectivity index (χ2v) is 7.85. The first kappa shape index (κ1) is 20.4. The molecule has 3 rings (SSSR count). The summed E-state index contributed by atoms with van der Waals surface area (Å²) in [6.07, 6.45) is 6.63. The van der Waals surface area contributed by atoms with Crippen molar-refractivity contribution >= 4 is 23.4 Å². The average Bonchev–Trinajstić information content (AvgIpc) is 3.27. The van der Waals surface area contributed by atoms with Gasteiger partial charge in [-0.05, 0) is 43.7 Å². The predicted molar refractivity (Wildman–Crippen MR) is 109 cm³/mol. The fourth-order valence-corrected chi connectivity index (χ4v) is 4.37. The molecular weight excluding hydrogens is 354 g/mol. The highest BCUT2D eigenvalue weighted by atomic mass is 16.2. The molecule has 1 aliphatic heterocycles. The lowest BCUT2D eigenvalue weighted by Crippen LogP contribution is -2.42. The van der Waals surface area contributed by atoms with Crippen molar-refractivity contribution in [1.82, 2.24) is 10.2 Å². The number of benzene rings is 1. The van der Waals surface area contributed by atoms with Crippen molar-refractivity contribution in [3.05, 3.63) is 29.8 Å². The number of para-hydroxylation sites is 1. The summed E-state index contributed by atoms with van der Waals surface area (Å²) in [7, 11) is 1.62. The normalized spacial score (nSPS) is 22.0. The number of nitrogens with zero attached hydrogens (tertiary/aromatic N) is 1. The molecule has 1 heterocycles. The van der Waals surface area contributed by atoms with E-state index in [1.165, 1.54) is 0 Å². The van der Waals surface area contributed by atoms with Gasteiger partial charge in [-0.1, -0.05) is 31.0 Å². The van der Waals surface area contributed by atoms with E-state index in [9.17, 15) is 14.4 Å². The summed E-state index contributed by atoms with van der Waals surface area (Å²) in [5.41, 5.74) is 1.69. The minimum Gasteiger partial charge on any atom is -0.359 e. The van der Waals surface area contributed by atoms with E-state index < -0.39 is 0 Å². The highest BCUT2D eigenvalue weighted by Gasteiger charge is 2.38. The van der Waals surface area contributed by atoms with Crippen molar-refractivity contribution in [2.75, 3.05) is 25.5 Å². The van der Waals surface area contributed by atoms with E-state index in [0.717, 1.165) is 62.9 Å². The van der Waals surface area contributed by atoms with Crippen LogP contribution in [0.4, 0.5) is 5.69 Å². The molecule has 6 heteroatoms. The Morgan fingerprint density at radius 1 is 1.00 bits per heavy atom. The Morgan fingerprint density at radius 2 is 1.68 bits per heavy atom. The molecule has 28 heavy (non-hydrogen) atoms. The van der Waals surface area contributed by atoms with E-state index >= 15 is 0 Å². The van der Waals surface area contributed by atoms with Crippen LogP contribution in [0.15, 0.2) is 24.3 Å². The third-order valence-electron chi connectivity index (χ3n) is 6.01. The first-order chi connectivity index (χ1) is 13.6. The average molecular weight is 386 g/mol. The second kappa shape index (κ2) is 9.71. The lowest BCUT2D eigenvalue weighted by atomic mass is 9.77. The Labute approximate surface area is 167 Å². The molecule has 1 saturated carbocycles. The Hall–Kier alpha value is -2.37. The van der Waals surface area contributed by atoms with E-state index in [1.807, 2.05) is 29.2 Å². The van der Waals surface area contributed by atoms with Gasteiger partial charge in [-0.15, -0.1) is 0 Å². The van der Waals surface area contributed by atoms with Crippen LogP contribution in [0.25, 0.3) is 0 Å². The van der Waals surface area contributed by atoms with Crippen molar-refractivity contribution in [2.24, 2.45) is 11.8 Å². The first-order valence-electron chi connectivity index (χ1n) is 10.5. The van der Waals surface area contributed by atoms with Crippen molar-refractivity contribution in [3.63, 3.8) is 0 Å². The monoisotopic (exact) mass is 385 g/mol. The summed E-state index contributed by atoms with van der Waals surface area (Å²) in [6.45, 7) is 1.65. The zero-order chi connectivity index (χ0) is 19.9. The third kappa shape index (κ3) is 4.91. The number of aryl methyl sites for hydroxylation is 1. The van der Waals surface area contributed by atoms with Crippen LogP contribution in [0.5, 0.6) is 0 Å². The van der Waals surface area contributed by atoms with Crippen molar-refractivity contribution < 1.29 is 14.4 Å². The molecular formula is C22H31N3O3. The van der Waals surface area contributed by atoms with Crippen LogP contribution >= 0.6 is 0 Å². The number of hydrogen-bond acceptors (Lipinski definition) is 3. The van der Waals surface area contributed by atoms with Gasteiger partial charge in [-0.3, -0.25) is 14.4 Å². The number of amides is 3. The van der Waals surface area contributed by atoms with Gasteiger partial charge in [0.25, 0.3) is 0 Å². The maximum atomic E-state index is 13.1. The molecule has 2 aliphatic rings. The molecule has 1 aromatic rings. The van der Waals surface area contributed by atoms with Crippen LogP contribution in [0.1, 0.15) is 50.5 Å². The lowest BCUT2D eigenvalue weighted by molar-refractivity contribution is -0.141. The van der Waals surface area contributed by atoms with Crippen molar-refractivity contribution in [2.45, 2.75) is 51.4 Å². The first-order valence-corrected chi connectivity index (χ1v) is 10.5. The largest absolute Gasteiger partial charge is 0.359 e. The Kier molecular flexibility index (Phi) is 7.06. The Bertz CT molecular complexity index is 713. The Morgan fingerprint density at radius 3 is 2.39 bits per heavy atom. The Balaban J connectivity index is 1.68. The molecule has 1 aromatic carbocycles. The van der Waals surface area contributed by atoms with Gasteiger partial charge in [0.2, 0.25) is 17.7 Å². The number of anilines is 1. The van der Waals surface area contributed by atoms with Crippen LogP contribution in [0.2, 0.25) is 0 Å². The standard InChI is InChI=1S/C22H31N3O3/c1-23-20(26)13-12-16-8-2-5-11-19(16)24-21(27)17-9-3-4-10-18(17)22(28)25-14-6-7-15-25/h2,5,8,11,17-18H,3-4,6-7,9-10,12-15H2,1H3,(H,23,26)(H,24,27)/t17-,18+/m0/s1. The van der Waals surface area contributed by atoms with E-state index in [4.69, 9.17) is 0 Å². The van der Waals surface area contributed by atoms with Crippen LogP contribution in [0.3, 0.4) is 0 Å². The van der Waals surface area contributed by atoms with E-state index in [2.05, 4.69) is 10.6 Å². The van der Waals surface area contributed by atoms with Gasteiger partial charge in [0, 0.05) is 44.1 Å². The summed E-state index contributed by atoms with van der Waals surface area (Å²) in [6, 6.07) is 7.60. The summed E-state index contributed by atoms with van der Waals surface area (Å²) in [4.78, 5) is 39.5. The number of carbonyl (C=O) groups is 3. The fraction of sp³-hybridized carbons (Fsp3) is 0.591. The second-order valence-electron chi connectivity index (χ2n) is 7.85. The number of rotatable bonds is 6. The highest BCUT2D eigenvalue weighted by Crippen LogP contribution is 2.33. The molecule has 6 nitrogen and oxygen atoms in total. The van der Waals surface area contributed by atoms with Gasteiger partial charge in [0.15, 0.2) is 0 Å². The zero-order valence-corrected chi connectivity index (χ0v) is 16.7. The molecule has 3 amide bonds. The molecule has 2 atom stereocenters. The molecule has 0 spiro atoms. The quantitative estimate of drug-likeness (QED) is 0.790. The van der Waals surface area contributed by atoms with E-state index in [1.54, 1.807) is 7.05 Å². The summed E-state index contributed by atoms with van der Waals surface area (Å²) >= 11 is 0. The van der Waals surface area contributed by atoms with Gasteiger partial charge in [0.05, 0.1) is 0 Å². The topological polar surface area (TPSA) is 78.5 Å².